The second-order valence-corrected chi connectivity index (χ2v) is 5.39. The van der Waals surface area contributed by atoms with Crippen LogP contribution in [-0.2, 0) is 4.74 Å². The molecule has 0 aromatic carbocycles. The van der Waals surface area contributed by atoms with Gasteiger partial charge < -0.3 is 10.1 Å². The number of hydrogen-bond acceptors (Lipinski definition) is 3. The number of rotatable bonds is 8. The fourth-order valence-corrected chi connectivity index (χ4v) is 2.46. The van der Waals surface area contributed by atoms with Gasteiger partial charge in [-0.3, -0.25) is 0 Å². The topological polar surface area (TPSA) is 21.3 Å². The van der Waals surface area contributed by atoms with Gasteiger partial charge in [0.25, 0.3) is 0 Å². The second kappa shape index (κ2) is 8.43. The average Bonchev–Trinajstić information content (AvgIpc) is 2.63. The lowest BCUT2D eigenvalue weighted by molar-refractivity contribution is 0.0561. The third-order valence-corrected chi connectivity index (χ3v) is 3.59. The molecule has 0 saturated carbocycles. The van der Waals surface area contributed by atoms with Crippen molar-refractivity contribution >= 4 is 11.8 Å². The molecule has 2 nitrogen and oxygen atoms in total. The van der Waals surface area contributed by atoms with E-state index in [9.17, 15) is 0 Å². The summed E-state index contributed by atoms with van der Waals surface area (Å²) in [6.07, 6.45) is 9.64. The Balaban J connectivity index is 1.81. The number of ether oxygens (including phenoxy) is 1. The van der Waals surface area contributed by atoms with Gasteiger partial charge in [0.1, 0.15) is 0 Å². The Morgan fingerprint density at radius 2 is 2.13 bits per heavy atom. The summed E-state index contributed by atoms with van der Waals surface area (Å²) in [6.45, 7) is 4.37. The smallest absolute Gasteiger partial charge is 0.0704 e. The van der Waals surface area contributed by atoms with Gasteiger partial charge in [-0.05, 0) is 51.2 Å². The molecule has 0 spiro atoms. The molecule has 2 unspecified atom stereocenters. The van der Waals surface area contributed by atoms with Gasteiger partial charge in [-0.15, -0.1) is 0 Å². The van der Waals surface area contributed by atoms with E-state index in [0.717, 1.165) is 13.1 Å². The molecule has 0 aromatic heterocycles. The summed E-state index contributed by atoms with van der Waals surface area (Å²) < 4.78 is 5.74. The van der Waals surface area contributed by atoms with E-state index in [1.165, 1.54) is 37.9 Å². The molecular formula is C12H25NOS. The first-order chi connectivity index (χ1) is 7.33. The molecule has 0 radical (unpaired) electrons. The van der Waals surface area contributed by atoms with Crippen LogP contribution in [0.15, 0.2) is 0 Å². The van der Waals surface area contributed by atoms with Gasteiger partial charge in [0.15, 0.2) is 0 Å². The van der Waals surface area contributed by atoms with Crippen LogP contribution in [0.4, 0.5) is 0 Å². The third-order valence-electron chi connectivity index (χ3n) is 2.89. The minimum absolute atomic E-state index is 0.478. The van der Waals surface area contributed by atoms with Crippen LogP contribution in [0.5, 0.6) is 0 Å². The van der Waals surface area contributed by atoms with E-state index in [-0.39, 0.29) is 0 Å². The Hall–Kier alpha value is 0.270. The first kappa shape index (κ1) is 13.3. The highest BCUT2D eigenvalue weighted by molar-refractivity contribution is 7.98. The Labute approximate surface area is 98.5 Å². The maximum atomic E-state index is 5.74. The zero-order valence-electron chi connectivity index (χ0n) is 10.1. The maximum Gasteiger partial charge on any atom is 0.0704 e. The van der Waals surface area contributed by atoms with Crippen molar-refractivity contribution in [2.24, 2.45) is 0 Å². The molecule has 1 heterocycles. The quantitative estimate of drug-likeness (QED) is 0.649. The fourth-order valence-electron chi connectivity index (χ4n) is 1.97. The molecule has 1 aliphatic heterocycles. The molecule has 15 heavy (non-hydrogen) atoms. The van der Waals surface area contributed by atoms with Crippen LogP contribution in [0.1, 0.15) is 39.0 Å². The molecule has 0 aliphatic carbocycles. The number of hydrogen-bond donors (Lipinski definition) is 1. The first-order valence-electron chi connectivity index (χ1n) is 6.18. The average molecular weight is 231 g/mol. The molecule has 1 aliphatic rings. The standard InChI is InChI=1S/C12H25NOS/c1-11-6-7-12(14-11)10-13-8-4-3-5-9-15-2/h11-13H,3-10H2,1-2H3. The molecule has 1 rings (SSSR count). The van der Waals surface area contributed by atoms with Gasteiger partial charge in [-0.1, -0.05) is 6.42 Å². The Bertz CT molecular complexity index is 155. The van der Waals surface area contributed by atoms with Crippen LogP contribution < -0.4 is 5.32 Å². The van der Waals surface area contributed by atoms with Crippen LogP contribution in [0.3, 0.4) is 0 Å². The lowest BCUT2D eigenvalue weighted by Crippen LogP contribution is -2.27. The Morgan fingerprint density at radius 1 is 1.27 bits per heavy atom. The highest BCUT2D eigenvalue weighted by atomic mass is 32.2. The molecule has 90 valence electrons. The molecule has 1 N–H and O–H groups in total. The molecule has 0 bridgehead atoms. The third kappa shape index (κ3) is 6.44. The summed E-state index contributed by atoms with van der Waals surface area (Å²) >= 11 is 1.95. The summed E-state index contributed by atoms with van der Waals surface area (Å²) in [7, 11) is 0. The van der Waals surface area contributed by atoms with Gasteiger partial charge in [0.2, 0.25) is 0 Å². The highest BCUT2D eigenvalue weighted by Crippen LogP contribution is 2.18. The zero-order valence-corrected chi connectivity index (χ0v) is 10.9. The summed E-state index contributed by atoms with van der Waals surface area (Å²) in [6, 6.07) is 0. The summed E-state index contributed by atoms with van der Waals surface area (Å²) in [5.74, 6) is 1.31. The van der Waals surface area contributed by atoms with Gasteiger partial charge >= 0.3 is 0 Å². The van der Waals surface area contributed by atoms with Crippen molar-refractivity contribution in [3.63, 3.8) is 0 Å². The fraction of sp³-hybridized carbons (Fsp3) is 1.00. The number of unbranched alkanes of at least 4 members (excludes halogenated alkanes) is 2. The normalized spacial score (nSPS) is 26.0. The minimum atomic E-state index is 0.478. The van der Waals surface area contributed by atoms with E-state index in [2.05, 4.69) is 18.5 Å². The summed E-state index contributed by atoms with van der Waals surface area (Å²) in [4.78, 5) is 0. The molecule has 2 atom stereocenters. The van der Waals surface area contributed by atoms with Crippen LogP contribution in [0.2, 0.25) is 0 Å². The van der Waals surface area contributed by atoms with Crippen LogP contribution in [0, 0.1) is 0 Å². The van der Waals surface area contributed by atoms with Crippen LogP contribution in [0.25, 0.3) is 0 Å². The molecule has 0 aromatic rings. The summed E-state index contributed by atoms with van der Waals surface area (Å²) in [5.41, 5.74) is 0. The van der Waals surface area contributed by atoms with Crippen LogP contribution >= 0.6 is 11.8 Å². The molecule has 1 fully saturated rings. The van der Waals surface area contributed by atoms with E-state index in [1.807, 2.05) is 11.8 Å². The highest BCUT2D eigenvalue weighted by Gasteiger charge is 2.20. The maximum absolute atomic E-state index is 5.74. The van der Waals surface area contributed by atoms with Crippen molar-refractivity contribution in [3.05, 3.63) is 0 Å². The molecule has 1 saturated heterocycles. The van der Waals surface area contributed by atoms with Crippen molar-refractivity contribution < 1.29 is 4.74 Å². The minimum Gasteiger partial charge on any atom is -0.374 e. The second-order valence-electron chi connectivity index (χ2n) is 4.40. The van der Waals surface area contributed by atoms with Crippen LogP contribution in [-0.4, -0.2) is 37.3 Å². The SMILES string of the molecule is CSCCCCCNCC1CCC(C)O1. The monoisotopic (exact) mass is 231 g/mol. The van der Waals surface area contributed by atoms with Gasteiger partial charge in [0, 0.05) is 6.54 Å². The van der Waals surface area contributed by atoms with Crippen molar-refractivity contribution in [1.82, 2.24) is 5.32 Å². The Morgan fingerprint density at radius 3 is 2.80 bits per heavy atom. The molecule has 0 amide bonds. The van der Waals surface area contributed by atoms with Gasteiger partial charge in [-0.25, -0.2) is 0 Å². The predicted octanol–water partition coefficient (Wildman–Crippen LogP) is 2.68. The largest absolute Gasteiger partial charge is 0.374 e. The van der Waals surface area contributed by atoms with E-state index in [4.69, 9.17) is 4.74 Å². The Kier molecular flexibility index (Phi) is 7.49. The zero-order chi connectivity index (χ0) is 10.9. The van der Waals surface area contributed by atoms with E-state index in [1.54, 1.807) is 0 Å². The van der Waals surface area contributed by atoms with E-state index >= 15 is 0 Å². The molecule has 3 heteroatoms. The predicted molar refractivity (Wildman–Crippen MR) is 68.7 cm³/mol. The van der Waals surface area contributed by atoms with Crippen molar-refractivity contribution in [2.75, 3.05) is 25.1 Å². The lowest BCUT2D eigenvalue weighted by Gasteiger charge is -2.11. The van der Waals surface area contributed by atoms with Crippen molar-refractivity contribution in [3.8, 4) is 0 Å². The first-order valence-corrected chi connectivity index (χ1v) is 7.57. The van der Waals surface area contributed by atoms with E-state index < -0.39 is 0 Å². The van der Waals surface area contributed by atoms with Gasteiger partial charge in [-0.2, -0.15) is 11.8 Å². The summed E-state index contributed by atoms with van der Waals surface area (Å²) in [5, 5.41) is 3.49. The van der Waals surface area contributed by atoms with Crippen molar-refractivity contribution in [1.29, 1.82) is 0 Å². The van der Waals surface area contributed by atoms with E-state index in [0.29, 0.717) is 12.2 Å². The number of thioether (sulfide) groups is 1. The molecular weight excluding hydrogens is 206 g/mol. The van der Waals surface area contributed by atoms with Crippen molar-refractivity contribution in [2.45, 2.75) is 51.2 Å². The number of nitrogens with one attached hydrogen (secondary N) is 1. The lowest BCUT2D eigenvalue weighted by atomic mass is 10.2. The van der Waals surface area contributed by atoms with Gasteiger partial charge in [0.05, 0.1) is 12.2 Å².